The normalized spacial score (nSPS) is 12.5. The van der Waals surface area contributed by atoms with Gasteiger partial charge in [-0.1, -0.05) is 11.6 Å². The van der Waals surface area contributed by atoms with Gasteiger partial charge in [0.2, 0.25) is 6.79 Å². The first-order chi connectivity index (χ1) is 10.1. The number of nitrogens with one attached hydrogen (secondary N) is 1. The first-order valence-electron chi connectivity index (χ1n) is 6.42. The Labute approximate surface area is 130 Å². The number of benzene rings is 1. The minimum Gasteiger partial charge on any atom is -0.454 e. The Bertz CT molecular complexity index is 687. The lowest BCUT2D eigenvalue weighted by Gasteiger charge is -2.06. The molecular weight excluding hydrogens is 312 g/mol. The SMILES string of the molecule is Cc1nc(CCNC(=O)c2cc(Cl)c3c(c2)OCO3)cs1. The van der Waals surface area contributed by atoms with E-state index in [1.54, 1.807) is 23.5 Å². The smallest absolute Gasteiger partial charge is 0.251 e. The summed E-state index contributed by atoms with van der Waals surface area (Å²) in [6, 6.07) is 3.22. The fourth-order valence-corrected chi connectivity index (χ4v) is 2.94. The van der Waals surface area contributed by atoms with Gasteiger partial charge in [-0.2, -0.15) is 0 Å². The molecule has 1 amide bonds. The third-order valence-corrected chi connectivity index (χ3v) is 4.13. The molecule has 3 rings (SSSR count). The van der Waals surface area contributed by atoms with Crippen LogP contribution in [0.15, 0.2) is 17.5 Å². The van der Waals surface area contributed by atoms with Gasteiger partial charge in [-0.15, -0.1) is 11.3 Å². The largest absolute Gasteiger partial charge is 0.454 e. The lowest BCUT2D eigenvalue weighted by atomic mass is 10.2. The van der Waals surface area contributed by atoms with Gasteiger partial charge in [-0.3, -0.25) is 4.79 Å². The van der Waals surface area contributed by atoms with E-state index in [1.807, 2.05) is 12.3 Å². The van der Waals surface area contributed by atoms with E-state index in [4.69, 9.17) is 21.1 Å². The van der Waals surface area contributed by atoms with E-state index >= 15 is 0 Å². The van der Waals surface area contributed by atoms with Crippen molar-refractivity contribution in [2.75, 3.05) is 13.3 Å². The van der Waals surface area contributed by atoms with Gasteiger partial charge in [0, 0.05) is 23.9 Å². The Kier molecular flexibility index (Phi) is 3.98. The molecule has 1 N–H and O–H groups in total. The molecule has 1 aliphatic heterocycles. The molecular formula is C14H13ClN2O3S. The molecule has 2 aromatic rings. The second kappa shape index (κ2) is 5.91. The van der Waals surface area contributed by atoms with Crippen molar-refractivity contribution in [3.05, 3.63) is 38.8 Å². The highest BCUT2D eigenvalue weighted by Crippen LogP contribution is 2.39. The Morgan fingerprint density at radius 1 is 1.48 bits per heavy atom. The zero-order valence-corrected chi connectivity index (χ0v) is 12.9. The molecule has 0 radical (unpaired) electrons. The number of rotatable bonds is 4. The quantitative estimate of drug-likeness (QED) is 0.939. The maximum Gasteiger partial charge on any atom is 0.251 e. The molecule has 1 aromatic heterocycles. The molecule has 0 aliphatic carbocycles. The number of amides is 1. The van der Waals surface area contributed by atoms with Crippen LogP contribution in [0.5, 0.6) is 11.5 Å². The van der Waals surface area contributed by atoms with Crippen molar-refractivity contribution in [2.45, 2.75) is 13.3 Å². The number of carbonyl (C=O) groups excluding carboxylic acids is 1. The number of fused-ring (bicyclic) bond motifs is 1. The third-order valence-electron chi connectivity index (χ3n) is 3.02. The summed E-state index contributed by atoms with van der Waals surface area (Å²) in [6.07, 6.45) is 0.703. The van der Waals surface area contributed by atoms with E-state index in [1.165, 1.54) is 0 Å². The molecule has 0 spiro atoms. The summed E-state index contributed by atoms with van der Waals surface area (Å²) in [5.41, 5.74) is 1.44. The van der Waals surface area contributed by atoms with Crippen LogP contribution in [-0.4, -0.2) is 24.2 Å². The molecule has 5 nitrogen and oxygen atoms in total. The number of ether oxygens (including phenoxy) is 2. The van der Waals surface area contributed by atoms with E-state index in [9.17, 15) is 4.79 Å². The van der Waals surface area contributed by atoms with Crippen LogP contribution in [0, 0.1) is 6.92 Å². The highest BCUT2D eigenvalue weighted by atomic mass is 35.5. The first kappa shape index (κ1) is 14.2. The Morgan fingerprint density at radius 3 is 3.10 bits per heavy atom. The number of nitrogens with zero attached hydrogens (tertiary/aromatic N) is 1. The summed E-state index contributed by atoms with van der Waals surface area (Å²) in [7, 11) is 0. The number of carbonyl (C=O) groups is 1. The van der Waals surface area contributed by atoms with Gasteiger partial charge in [0.1, 0.15) is 0 Å². The molecule has 0 unspecified atom stereocenters. The topological polar surface area (TPSA) is 60.5 Å². The lowest BCUT2D eigenvalue weighted by molar-refractivity contribution is 0.0953. The van der Waals surface area contributed by atoms with Crippen LogP contribution in [0.4, 0.5) is 0 Å². The Morgan fingerprint density at radius 2 is 2.33 bits per heavy atom. The molecule has 2 heterocycles. The standard InChI is InChI=1S/C14H13ClN2O3S/c1-8-17-10(6-21-8)2-3-16-14(18)9-4-11(15)13-12(5-9)19-7-20-13/h4-6H,2-3,7H2,1H3,(H,16,18). The zero-order chi connectivity index (χ0) is 14.8. The third kappa shape index (κ3) is 3.11. The van der Waals surface area contributed by atoms with E-state index in [0.29, 0.717) is 35.1 Å². The second-order valence-corrected chi connectivity index (χ2v) is 6.03. The molecule has 0 fully saturated rings. The predicted octanol–water partition coefficient (Wildman–Crippen LogP) is 2.81. The van der Waals surface area contributed by atoms with Gasteiger partial charge in [-0.05, 0) is 19.1 Å². The van der Waals surface area contributed by atoms with Crippen molar-refractivity contribution in [3.63, 3.8) is 0 Å². The number of hydrogen-bond acceptors (Lipinski definition) is 5. The van der Waals surface area contributed by atoms with E-state index in [-0.39, 0.29) is 12.7 Å². The average Bonchev–Trinajstić information content (AvgIpc) is 3.07. The lowest BCUT2D eigenvalue weighted by Crippen LogP contribution is -2.25. The number of aryl methyl sites for hydroxylation is 1. The van der Waals surface area contributed by atoms with Crippen LogP contribution in [0.1, 0.15) is 21.1 Å². The second-order valence-electron chi connectivity index (χ2n) is 4.56. The number of thiazole rings is 1. The zero-order valence-electron chi connectivity index (χ0n) is 11.3. The predicted molar refractivity (Wildman–Crippen MR) is 80.5 cm³/mol. The van der Waals surface area contributed by atoms with Crippen LogP contribution in [0.2, 0.25) is 5.02 Å². The monoisotopic (exact) mass is 324 g/mol. The van der Waals surface area contributed by atoms with Gasteiger partial charge >= 0.3 is 0 Å². The maximum atomic E-state index is 12.1. The van der Waals surface area contributed by atoms with Gasteiger partial charge < -0.3 is 14.8 Å². The Balaban J connectivity index is 1.62. The highest BCUT2D eigenvalue weighted by Gasteiger charge is 2.20. The van der Waals surface area contributed by atoms with Crippen molar-refractivity contribution in [1.29, 1.82) is 0 Å². The van der Waals surface area contributed by atoms with Crippen molar-refractivity contribution in [2.24, 2.45) is 0 Å². The molecule has 1 aliphatic rings. The van der Waals surface area contributed by atoms with Crippen molar-refractivity contribution >= 4 is 28.8 Å². The fraction of sp³-hybridized carbons (Fsp3) is 0.286. The van der Waals surface area contributed by atoms with E-state index in [0.717, 1.165) is 10.7 Å². The van der Waals surface area contributed by atoms with E-state index < -0.39 is 0 Å². The minimum atomic E-state index is -0.192. The molecule has 1 aromatic carbocycles. The van der Waals surface area contributed by atoms with Crippen LogP contribution >= 0.6 is 22.9 Å². The van der Waals surface area contributed by atoms with Crippen molar-refractivity contribution in [1.82, 2.24) is 10.3 Å². The van der Waals surface area contributed by atoms with Crippen LogP contribution in [0.25, 0.3) is 0 Å². The van der Waals surface area contributed by atoms with Gasteiger partial charge in [-0.25, -0.2) is 4.98 Å². The summed E-state index contributed by atoms with van der Waals surface area (Å²) in [4.78, 5) is 16.5. The molecule has 21 heavy (non-hydrogen) atoms. The number of hydrogen-bond donors (Lipinski definition) is 1. The van der Waals surface area contributed by atoms with Crippen LogP contribution in [-0.2, 0) is 6.42 Å². The van der Waals surface area contributed by atoms with Crippen LogP contribution in [0.3, 0.4) is 0 Å². The number of halogens is 1. The van der Waals surface area contributed by atoms with E-state index in [2.05, 4.69) is 10.3 Å². The molecule has 110 valence electrons. The summed E-state index contributed by atoms with van der Waals surface area (Å²) >= 11 is 7.66. The fourth-order valence-electron chi connectivity index (χ4n) is 2.03. The maximum absolute atomic E-state index is 12.1. The molecule has 0 saturated heterocycles. The first-order valence-corrected chi connectivity index (χ1v) is 7.67. The van der Waals surface area contributed by atoms with Gasteiger partial charge in [0.15, 0.2) is 11.5 Å². The summed E-state index contributed by atoms with van der Waals surface area (Å²) in [6.45, 7) is 2.61. The minimum absolute atomic E-state index is 0.128. The average molecular weight is 325 g/mol. The molecule has 0 bridgehead atoms. The molecule has 0 atom stereocenters. The summed E-state index contributed by atoms with van der Waals surface area (Å²) in [5.74, 6) is 0.802. The molecule has 0 saturated carbocycles. The summed E-state index contributed by atoms with van der Waals surface area (Å²) < 4.78 is 10.5. The van der Waals surface area contributed by atoms with Crippen molar-refractivity contribution in [3.8, 4) is 11.5 Å². The molecule has 7 heteroatoms. The summed E-state index contributed by atoms with van der Waals surface area (Å²) in [5, 5.41) is 6.25. The van der Waals surface area contributed by atoms with Gasteiger partial charge in [0.05, 0.1) is 15.7 Å². The van der Waals surface area contributed by atoms with Crippen molar-refractivity contribution < 1.29 is 14.3 Å². The number of aromatic nitrogens is 1. The Hall–Kier alpha value is -1.79. The van der Waals surface area contributed by atoms with Gasteiger partial charge in [0.25, 0.3) is 5.91 Å². The van der Waals surface area contributed by atoms with Crippen LogP contribution < -0.4 is 14.8 Å². The highest BCUT2D eigenvalue weighted by molar-refractivity contribution is 7.09.